The minimum atomic E-state index is -5.06. The number of carbonyl (C=O) groups excluding carboxylic acids is 1. The Morgan fingerprint density at radius 2 is 1.80 bits per heavy atom. The van der Waals surface area contributed by atoms with Gasteiger partial charge in [-0.2, -0.15) is 17.7 Å². The van der Waals surface area contributed by atoms with Crippen LogP contribution < -0.4 is 0 Å². The van der Waals surface area contributed by atoms with Crippen molar-refractivity contribution < 1.29 is 22.4 Å². The second kappa shape index (κ2) is 7.36. The highest BCUT2D eigenvalue weighted by atomic mass is 19.4. The largest absolute Gasteiger partial charge is 0.471 e. The van der Waals surface area contributed by atoms with Crippen LogP contribution in [0.1, 0.15) is 16.7 Å². The van der Waals surface area contributed by atoms with Crippen molar-refractivity contribution in [1.82, 2.24) is 24.9 Å². The number of nitrogens with zero attached hydrogens (tertiary/aromatic N) is 5. The van der Waals surface area contributed by atoms with E-state index >= 15 is 0 Å². The number of benzene rings is 2. The van der Waals surface area contributed by atoms with Gasteiger partial charge in [0, 0.05) is 17.5 Å². The van der Waals surface area contributed by atoms with Crippen LogP contribution in [0.15, 0.2) is 48.5 Å². The van der Waals surface area contributed by atoms with Gasteiger partial charge in [-0.05, 0) is 52.7 Å². The van der Waals surface area contributed by atoms with E-state index in [2.05, 4.69) is 15.5 Å². The summed E-state index contributed by atoms with van der Waals surface area (Å²) in [4.78, 5) is 12.7. The molecule has 0 aliphatic heterocycles. The van der Waals surface area contributed by atoms with Crippen molar-refractivity contribution in [1.29, 1.82) is 0 Å². The van der Waals surface area contributed by atoms with Gasteiger partial charge in [0.05, 0.1) is 12.1 Å². The Balaban J connectivity index is 1.77. The summed E-state index contributed by atoms with van der Waals surface area (Å²) >= 11 is 0. The van der Waals surface area contributed by atoms with E-state index in [1.165, 1.54) is 16.6 Å². The summed E-state index contributed by atoms with van der Waals surface area (Å²) in [7, 11) is 0. The van der Waals surface area contributed by atoms with Crippen molar-refractivity contribution in [3.63, 3.8) is 0 Å². The van der Waals surface area contributed by atoms with E-state index in [4.69, 9.17) is 0 Å². The number of rotatable bonds is 4. The number of carbonyl (C=O) groups is 1. The SMILES string of the molecule is Cc1ccc2cc(CN(Cc3ccc(F)cc3)C(=O)C(F)(F)F)c3nnnn3c2c1. The summed E-state index contributed by atoms with van der Waals surface area (Å²) in [5.74, 6) is -2.52. The fourth-order valence-electron chi connectivity index (χ4n) is 3.27. The predicted octanol–water partition coefficient (Wildman–Crippen LogP) is 3.82. The number of hydrogen-bond acceptors (Lipinski definition) is 4. The topological polar surface area (TPSA) is 63.4 Å². The molecule has 0 aliphatic rings. The van der Waals surface area contributed by atoms with Crippen LogP contribution >= 0.6 is 0 Å². The van der Waals surface area contributed by atoms with Gasteiger partial charge in [-0.15, -0.1) is 5.10 Å². The first-order valence-corrected chi connectivity index (χ1v) is 8.93. The number of fused-ring (bicyclic) bond motifs is 3. The van der Waals surface area contributed by atoms with Gasteiger partial charge in [-0.1, -0.05) is 24.3 Å². The molecule has 2 aromatic heterocycles. The number of alkyl halides is 3. The van der Waals surface area contributed by atoms with Crippen LogP contribution in [0.4, 0.5) is 17.6 Å². The lowest BCUT2D eigenvalue weighted by Crippen LogP contribution is -2.40. The maximum atomic E-state index is 13.2. The summed E-state index contributed by atoms with van der Waals surface area (Å²) in [6, 6.07) is 12.1. The summed E-state index contributed by atoms with van der Waals surface area (Å²) in [5.41, 5.74) is 2.65. The van der Waals surface area contributed by atoms with Crippen LogP contribution in [0.5, 0.6) is 0 Å². The molecule has 0 saturated heterocycles. The first-order valence-electron chi connectivity index (χ1n) is 8.93. The highest BCUT2D eigenvalue weighted by molar-refractivity contribution is 5.85. The molecule has 0 radical (unpaired) electrons. The standard InChI is InChI=1S/C20H15F4N5O/c1-12-2-5-14-9-15(18-25-26-27-29(18)17(14)8-12)11-28(19(30)20(22,23)24)10-13-3-6-16(21)7-4-13/h2-9H,10-11H2,1H3. The van der Waals surface area contributed by atoms with Crippen molar-refractivity contribution in [2.75, 3.05) is 0 Å². The van der Waals surface area contributed by atoms with Crippen molar-refractivity contribution >= 4 is 22.5 Å². The van der Waals surface area contributed by atoms with Crippen LogP contribution in [0, 0.1) is 12.7 Å². The van der Waals surface area contributed by atoms with Crippen molar-refractivity contribution in [3.05, 3.63) is 71.0 Å². The number of hydrogen-bond donors (Lipinski definition) is 0. The van der Waals surface area contributed by atoms with Gasteiger partial charge in [-0.25, -0.2) is 4.39 Å². The lowest BCUT2D eigenvalue weighted by Gasteiger charge is -2.24. The van der Waals surface area contributed by atoms with E-state index < -0.39 is 17.9 Å². The molecule has 6 nitrogen and oxygen atoms in total. The van der Waals surface area contributed by atoms with Crippen LogP contribution in [-0.4, -0.2) is 37.0 Å². The van der Waals surface area contributed by atoms with E-state index in [0.717, 1.165) is 23.1 Å². The third-order valence-electron chi connectivity index (χ3n) is 4.68. The van der Waals surface area contributed by atoms with Crippen molar-refractivity contribution in [2.45, 2.75) is 26.2 Å². The maximum absolute atomic E-state index is 13.2. The number of halogens is 4. The van der Waals surface area contributed by atoms with Crippen LogP contribution in [0.2, 0.25) is 0 Å². The van der Waals surface area contributed by atoms with E-state index in [-0.39, 0.29) is 18.7 Å². The molecule has 0 atom stereocenters. The lowest BCUT2D eigenvalue weighted by atomic mass is 10.1. The van der Waals surface area contributed by atoms with E-state index in [1.807, 2.05) is 25.1 Å². The molecule has 2 aromatic carbocycles. The lowest BCUT2D eigenvalue weighted by molar-refractivity contribution is -0.186. The average molecular weight is 417 g/mol. The molecule has 30 heavy (non-hydrogen) atoms. The van der Waals surface area contributed by atoms with Gasteiger partial charge in [-0.3, -0.25) is 4.79 Å². The number of pyridine rings is 1. The number of tetrazole rings is 1. The van der Waals surface area contributed by atoms with Crippen LogP contribution in [0.3, 0.4) is 0 Å². The van der Waals surface area contributed by atoms with Gasteiger partial charge in [0.25, 0.3) is 0 Å². The second-order valence-corrected chi connectivity index (χ2v) is 6.93. The Morgan fingerprint density at radius 1 is 1.07 bits per heavy atom. The molecule has 10 heteroatoms. The third-order valence-corrected chi connectivity index (χ3v) is 4.68. The quantitative estimate of drug-likeness (QED) is 0.474. The zero-order valence-electron chi connectivity index (χ0n) is 15.7. The van der Waals surface area contributed by atoms with Gasteiger partial charge in [0.1, 0.15) is 5.82 Å². The zero-order chi connectivity index (χ0) is 21.5. The second-order valence-electron chi connectivity index (χ2n) is 6.93. The minimum absolute atomic E-state index is 0.257. The zero-order valence-corrected chi connectivity index (χ0v) is 15.7. The Kier molecular flexibility index (Phi) is 4.84. The predicted molar refractivity (Wildman–Crippen MR) is 99.7 cm³/mol. The molecule has 4 aromatic rings. The molecule has 0 fully saturated rings. The maximum Gasteiger partial charge on any atom is 0.471 e. The molecule has 154 valence electrons. The van der Waals surface area contributed by atoms with Gasteiger partial charge in [0.15, 0.2) is 5.65 Å². The Labute approximate surface area is 167 Å². The summed E-state index contributed by atoms with van der Waals surface area (Å²) in [6.45, 7) is 1.18. The Morgan fingerprint density at radius 3 is 2.50 bits per heavy atom. The molecule has 0 aliphatic carbocycles. The van der Waals surface area contributed by atoms with Crippen LogP contribution in [-0.2, 0) is 17.9 Å². The Bertz CT molecular complexity index is 1230. The smallest absolute Gasteiger partial charge is 0.326 e. The summed E-state index contributed by atoms with van der Waals surface area (Å²) < 4.78 is 54.3. The van der Waals surface area contributed by atoms with Crippen molar-refractivity contribution in [2.24, 2.45) is 0 Å². The fourth-order valence-corrected chi connectivity index (χ4v) is 3.27. The number of aromatic nitrogens is 4. The molecule has 4 rings (SSSR count). The third kappa shape index (κ3) is 3.80. The van der Waals surface area contributed by atoms with E-state index in [0.29, 0.717) is 21.5 Å². The monoisotopic (exact) mass is 417 g/mol. The Hall–Kier alpha value is -3.56. The molecule has 0 bridgehead atoms. The number of aryl methyl sites for hydroxylation is 1. The molecule has 0 N–H and O–H groups in total. The molecule has 2 heterocycles. The molecule has 0 saturated carbocycles. The normalized spacial score (nSPS) is 11.9. The number of amides is 1. The molecule has 1 amide bonds. The van der Waals surface area contributed by atoms with Crippen LogP contribution in [0.25, 0.3) is 16.6 Å². The highest BCUT2D eigenvalue weighted by Gasteiger charge is 2.42. The molecule has 0 spiro atoms. The van der Waals surface area contributed by atoms with Gasteiger partial charge in [0.2, 0.25) is 0 Å². The average Bonchev–Trinajstić information content (AvgIpc) is 3.19. The molecular weight excluding hydrogens is 402 g/mol. The van der Waals surface area contributed by atoms with E-state index in [9.17, 15) is 22.4 Å². The summed E-state index contributed by atoms with van der Waals surface area (Å²) in [6.07, 6.45) is -5.06. The molecular formula is C20H15F4N5O. The first kappa shape index (κ1) is 19.7. The van der Waals surface area contributed by atoms with Gasteiger partial charge >= 0.3 is 12.1 Å². The van der Waals surface area contributed by atoms with E-state index in [1.54, 1.807) is 6.07 Å². The summed E-state index contributed by atoms with van der Waals surface area (Å²) in [5, 5.41) is 12.2. The highest BCUT2D eigenvalue weighted by Crippen LogP contribution is 2.25. The van der Waals surface area contributed by atoms with Crippen molar-refractivity contribution in [3.8, 4) is 0 Å². The van der Waals surface area contributed by atoms with Gasteiger partial charge < -0.3 is 4.90 Å². The first-order chi connectivity index (χ1) is 14.2. The molecule has 0 unspecified atom stereocenters. The fraction of sp³-hybridized carbons (Fsp3) is 0.200. The minimum Gasteiger partial charge on any atom is -0.326 e.